The average Bonchev–Trinajstić information content (AvgIpc) is 3.02. The fourth-order valence-corrected chi connectivity index (χ4v) is 8.23. The Morgan fingerprint density at radius 1 is 1.11 bits per heavy atom. The zero-order valence-corrected chi connectivity index (χ0v) is 21.8. The van der Waals surface area contributed by atoms with Crippen LogP contribution in [-0.4, -0.2) is 71.5 Å². The number of carbonyl (C=O) groups is 1. The summed E-state index contributed by atoms with van der Waals surface area (Å²) in [4.78, 5) is 13.3. The number of rotatable bonds is 5. The Hall–Kier alpha value is -1.09. The van der Waals surface area contributed by atoms with Crippen LogP contribution < -0.4 is 0 Å². The zero-order chi connectivity index (χ0) is 26.4. The third-order valence-corrected chi connectivity index (χ3v) is 10.9. The molecule has 7 nitrogen and oxygen atoms in total. The van der Waals surface area contributed by atoms with Gasteiger partial charge in [0, 0.05) is 16.7 Å². The number of hydrogen-bond acceptors (Lipinski definition) is 7. The lowest BCUT2D eigenvalue weighted by atomic mass is 9.45. The summed E-state index contributed by atoms with van der Waals surface area (Å²) in [7, 11) is 0. The van der Waals surface area contributed by atoms with E-state index >= 15 is 0 Å². The lowest BCUT2D eigenvalue weighted by Crippen LogP contribution is -2.64. The van der Waals surface area contributed by atoms with E-state index in [1.807, 2.05) is 13.8 Å². The van der Waals surface area contributed by atoms with Crippen molar-refractivity contribution in [2.45, 2.75) is 115 Å². The van der Waals surface area contributed by atoms with E-state index in [4.69, 9.17) is 0 Å². The number of aliphatic hydroxyl groups is 6. The topological polar surface area (TPSA) is 138 Å². The van der Waals surface area contributed by atoms with Crippen LogP contribution >= 0.6 is 0 Å². The molecule has 3 saturated carbocycles. The molecule has 0 aliphatic heterocycles. The van der Waals surface area contributed by atoms with Crippen LogP contribution in [0.1, 0.15) is 79.6 Å². The number of allylic oxidation sites excluding steroid dienone is 1. The highest BCUT2D eigenvalue weighted by atomic mass is 16.3. The lowest BCUT2D eigenvalue weighted by Gasteiger charge is -2.61. The summed E-state index contributed by atoms with van der Waals surface area (Å²) >= 11 is 0. The van der Waals surface area contributed by atoms with Gasteiger partial charge in [0.15, 0.2) is 5.78 Å². The van der Waals surface area contributed by atoms with E-state index < -0.39 is 57.8 Å². The van der Waals surface area contributed by atoms with Gasteiger partial charge in [-0.2, -0.15) is 0 Å². The molecule has 0 spiro atoms. The minimum Gasteiger partial charge on any atom is -0.393 e. The second kappa shape index (κ2) is 8.20. The maximum absolute atomic E-state index is 13.3. The number of aliphatic hydroxyl groups excluding tert-OH is 3. The van der Waals surface area contributed by atoms with Gasteiger partial charge in [0.25, 0.3) is 0 Å². The van der Waals surface area contributed by atoms with E-state index in [0.717, 1.165) is 0 Å². The molecule has 0 unspecified atom stereocenters. The molecule has 7 heteroatoms. The molecule has 4 aliphatic carbocycles. The highest BCUT2D eigenvalue weighted by Gasteiger charge is 2.69. The summed E-state index contributed by atoms with van der Waals surface area (Å²) in [6.07, 6.45) is 1.38. The first-order chi connectivity index (χ1) is 15.9. The minimum atomic E-state index is -1.56. The largest absolute Gasteiger partial charge is 0.393 e. The highest BCUT2D eigenvalue weighted by Crippen LogP contribution is 2.68. The summed E-state index contributed by atoms with van der Waals surface area (Å²) in [5.41, 5.74) is -4.60. The van der Waals surface area contributed by atoms with Crippen LogP contribution in [0.3, 0.4) is 0 Å². The first-order valence-electron chi connectivity index (χ1n) is 13.1. The second-order valence-corrected chi connectivity index (χ2v) is 13.1. The summed E-state index contributed by atoms with van der Waals surface area (Å²) in [5, 5.41) is 66.5. The van der Waals surface area contributed by atoms with Crippen molar-refractivity contribution >= 4 is 5.78 Å². The van der Waals surface area contributed by atoms with Gasteiger partial charge in [-0.1, -0.05) is 20.4 Å². The van der Waals surface area contributed by atoms with E-state index in [0.29, 0.717) is 43.3 Å². The molecule has 35 heavy (non-hydrogen) atoms. The van der Waals surface area contributed by atoms with Crippen LogP contribution in [0, 0.1) is 28.6 Å². The summed E-state index contributed by atoms with van der Waals surface area (Å²) in [6, 6.07) is 0. The maximum Gasteiger partial charge on any atom is 0.159 e. The highest BCUT2D eigenvalue weighted by molar-refractivity contribution is 5.95. The number of ketones is 1. The quantitative estimate of drug-likeness (QED) is 0.323. The summed E-state index contributed by atoms with van der Waals surface area (Å²) < 4.78 is 0. The Morgan fingerprint density at radius 3 is 2.34 bits per heavy atom. The molecule has 0 aromatic carbocycles. The standard InChI is InChI=1S/C28H44O7/c1-15(24(2,3)33)11-23(32)27(6,34)21-8-10-28(35)18-14-20(30)19-12-16(29)13-22(31)26(19,5)17(18)7-9-25(21,28)4/h14,16-17,19,21-23,29,31-35H,1,7-13H2,2-6H3/t16-,17+,19+,21+,22-,23-,25-,26-,27-,28-/m1/s1. The van der Waals surface area contributed by atoms with Crippen molar-refractivity contribution < 1.29 is 35.4 Å². The monoisotopic (exact) mass is 492 g/mol. The summed E-state index contributed by atoms with van der Waals surface area (Å²) in [5.74, 6) is -1.30. The molecule has 0 aromatic rings. The zero-order valence-electron chi connectivity index (χ0n) is 21.8. The van der Waals surface area contributed by atoms with Crippen LogP contribution in [-0.2, 0) is 4.79 Å². The van der Waals surface area contributed by atoms with Gasteiger partial charge in [0.2, 0.25) is 0 Å². The molecule has 0 aromatic heterocycles. The molecule has 6 N–H and O–H groups in total. The Balaban J connectivity index is 1.69. The Bertz CT molecular complexity index is 932. The van der Waals surface area contributed by atoms with Crippen LogP contribution in [0.15, 0.2) is 23.8 Å². The van der Waals surface area contributed by atoms with Gasteiger partial charge in [-0.25, -0.2) is 0 Å². The fraction of sp³-hybridized carbons (Fsp3) is 0.821. The Morgan fingerprint density at radius 2 is 1.74 bits per heavy atom. The van der Waals surface area contributed by atoms with Crippen molar-refractivity contribution in [1.29, 1.82) is 0 Å². The van der Waals surface area contributed by atoms with Crippen LogP contribution in [0.2, 0.25) is 0 Å². The van der Waals surface area contributed by atoms with E-state index in [1.54, 1.807) is 26.8 Å². The van der Waals surface area contributed by atoms with E-state index in [-0.39, 0.29) is 24.5 Å². The molecule has 0 heterocycles. The Kier molecular flexibility index (Phi) is 6.32. The number of carbonyl (C=O) groups excluding carboxylic acids is 1. The molecule has 0 amide bonds. The predicted molar refractivity (Wildman–Crippen MR) is 131 cm³/mol. The first-order valence-corrected chi connectivity index (χ1v) is 13.1. The fourth-order valence-electron chi connectivity index (χ4n) is 8.23. The third kappa shape index (κ3) is 3.72. The molecular weight excluding hydrogens is 448 g/mol. The minimum absolute atomic E-state index is 0.0274. The van der Waals surface area contributed by atoms with Crippen molar-refractivity contribution in [2.24, 2.45) is 28.6 Å². The van der Waals surface area contributed by atoms with E-state index in [2.05, 4.69) is 6.58 Å². The van der Waals surface area contributed by atoms with Crippen LogP contribution in [0.25, 0.3) is 0 Å². The second-order valence-electron chi connectivity index (χ2n) is 13.1. The van der Waals surface area contributed by atoms with Crippen molar-refractivity contribution in [2.75, 3.05) is 0 Å². The molecule has 3 fully saturated rings. The smallest absolute Gasteiger partial charge is 0.159 e. The van der Waals surface area contributed by atoms with E-state index in [1.165, 1.54) is 0 Å². The van der Waals surface area contributed by atoms with Crippen molar-refractivity contribution in [3.05, 3.63) is 23.8 Å². The van der Waals surface area contributed by atoms with Gasteiger partial charge >= 0.3 is 0 Å². The summed E-state index contributed by atoms with van der Waals surface area (Å²) in [6.45, 7) is 12.5. The van der Waals surface area contributed by atoms with Gasteiger partial charge in [-0.05, 0) is 94.8 Å². The SMILES string of the molecule is C=C(C[C@@H](O)[C@](C)(O)[C@H]1CC[C@@]2(O)C3=CC(=O)[C@@H]4C[C@@H](O)C[C@@H](O)[C@]4(C)[C@H]3CC[C@]12C)C(C)(C)O. The predicted octanol–water partition coefficient (Wildman–Crippen LogP) is 2.02. The Labute approximate surface area is 208 Å². The number of hydrogen-bond donors (Lipinski definition) is 6. The molecule has 0 saturated heterocycles. The van der Waals surface area contributed by atoms with Crippen molar-refractivity contribution in [3.63, 3.8) is 0 Å². The molecule has 0 radical (unpaired) electrons. The normalized spacial score (nSPS) is 46.1. The molecular formula is C28H44O7. The van der Waals surface area contributed by atoms with Crippen LogP contribution in [0.5, 0.6) is 0 Å². The van der Waals surface area contributed by atoms with Gasteiger partial charge in [-0.3, -0.25) is 4.79 Å². The molecule has 198 valence electrons. The van der Waals surface area contributed by atoms with Gasteiger partial charge in [0.1, 0.15) is 0 Å². The molecule has 4 rings (SSSR count). The van der Waals surface area contributed by atoms with E-state index in [9.17, 15) is 35.4 Å². The third-order valence-electron chi connectivity index (χ3n) is 10.9. The first kappa shape index (κ1) is 27.0. The lowest BCUT2D eigenvalue weighted by molar-refractivity contribution is -0.181. The number of fused-ring (bicyclic) bond motifs is 5. The van der Waals surface area contributed by atoms with Gasteiger partial charge in [-0.15, -0.1) is 0 Å². The van der Waals surface area contributed by atoms with Gasteiger partial charge < -0.3 is 30.6 Å². The van der Waals surface area contributed by atoms with Crippen molar-refractivity contribution in [3.8, 4) is 0 Å². The van der Waals surface area contributed by atoms with Crippen molar-refractivity contribution in [1.82, 2.24) is 0 Å². The average molecular weight is 493 g/mol. The molecule has 10 atom stereocenters. The maximum atomic E-state index is 13.3. The van der Waals surface area contributed by atoms with Crippen LogP contribution in [0.4, 0.5) is 0 Å². The molecule has 0 bridgehead atoms. The molecule has 4 aliphatic rings. The van der Waals surface area contributed by atoms with Gasteiger partial charge in [0.05, 0.1) is 35.1 Å².